The maximum absolute atomic E-state index is 12.3. The Morgan fingerprint density at radius 2 is 2.06 bits per heavy atom. The van der Waals surface area contributed by atoms with Crippen LogP contribution in [0.3, 0.4) is 0 Å². The quantitative estimate of drug-likeness (QED) is 0.618. The fourth-order valence-corrected chi connectivity index (χ4v) is 3.51. The summed E-state index contributed by atoms with van der Waals surface area (Å²) in [5.41, 5.74) is 1.70. The Bertz CT molecular complexity index is 573. The zero-order chi connectivity index (χ0) is 12.6. The summed E-state index contributed by atoms with van der Waals surface area (Å²) < 4.78 is 1.62. The number of halogens is 3. The number of hydrogen-bond donors (Lipinski definition) is 0. The summed E-state index contributed by atoms with van der Waals surface area (Å²) >= 11 is 14.0. The van der Waals surface area contributed by atoms with E-state index >= 15 is 0 Å². The van der Waals surface area contributed by atoms with Crippen LogP contribution in [-0.2, 0) is 0 Å². The Morgan fingerprint density at radius 3 is 2.65 bits per heavy atom. The molecule has 0 saturated carbocycles. The Labute approximate surface area is 125 Å². The summed E-state index contributed by atoms with van der Waals surface area (Å²) in [4.78, 5) is 12.9. The van der Waals surface area contributed by atoms with Crippen molar-refractivity contribution in [3.8, 4) is 0 Å². The van der Waals surface area contributed by atoms with Gasteiger partial charge in [-0.2, -0.15) is 0 Å². The molecule has 0 aliphatic carbocycles. The van der Waals surface area contributed by atoms with Crippen LogP contribution in [0.2, 0.25) is 5.02 Å². The van der Waals surface area contributed by atoms with Crippen molar-refractivity contribution in [3.63, 3.8) is 0 Å². The molecule has 0 unspecified atom stereocenters. The molecule has 0 amide bonds. The van der Waals surface area contributed by atoms with Gasteiger partial charge in [0, 0.05) is 10.0 Å². The maximum Gasteiger partial charge on any atom is 0.204 e. The molecule has 5 heteroatoms. The Morgan fingerprint density at radius 1 is 1.35 bits per heavy atom. The summed E-state index contributed by atoms with van der Waals surface area (Å²) in [5.74, 6) is -0.0156. The van der Waals surface area contributed by atoms with Crippen molar-refractivity contribution in [2.24, 2.45) is 0 Å². The zero-order valence-corrected chi connectivity index (χ0v) is 13.5. The first-order chi connectivity index (χ1) is 8.00. The van der Waals surface area contributed by atoms with E-state index in [-0.39, 0.29) is 5.78 Å². The van der Waals surface area contributed by atoms with Crippen molar-refractivity contribution < 1.29 is 4.79 Å². The number of benzene rings is 1. The van der Waals surface area contributed by atoms with E-state index in [2.05, 4.69) is 31.9 Å². The third-order valence-electron chi connectivity index (χ3n) is 2.31. The van der Waals surface area contributed by atoms with Crippen molar-refractivity contribution in [1.82, 2.24) is 0 Å². The van der Waals surface area contributed by atoms with Crippen LogP contribution in [0.5, 0.6) is 0 Å². The number of carbonyl (C=O) groups excluding carboxylic acids is 1. The van der Waals surface area contributed by atoms with E-state index in [0.29, 0.717) is 15.5 Å². The van der Waals surface area contributed by atoms with Crippen LogP contribution in [-0.4, -0.2) is 5.78 Å². The molecule has 2 aromatic rings. The fourth-order valence-electron chi connectivity index (χ4n) is 1.41. The Hall–Kier alpha value is -0.160. The van der Waals surface area contributed by atoms with E-state index < -0.39 is 0 Å². The molecule has 0 N–H and O–H groups in total. The van der Waals surface area contributed by atoms with Gasteiger partial charge in [0.05, 0.1) is 13.7 Å². The van der Waals surface area contributed by atoms with Crippen LogP contribution in [0, 0.1) is 6.92 Å². The summed E-state index contributed by atoms with van der Waals surface area (Å²) in [6.07, 6.45) is 0. The van der Waals surface area contributed by atoms with Gasteiger partial charge >= 0.3 is 0 Å². The van der Waals surface area contributed by atoms with Gasteiger partial charge in [0.15, 0.2) is 0 Å². The second kappa shape index (κ2) is 5.22. The van der Waals surface area contributed by atoms with Crippen LogP contribution < -0.4 is 0 Å². The lowest BCUT2D eigenvalue weighted by Gasteiger charge is -2.04. The molecule has 88 valence electrons. The molecule has 0 spiro atoms. The maximum atomic E-state index is 12.3. The van der Waals surface area contributed by atoms with E-state index in [1.807, 2.05) is 19.1 Å². The Balaban J connectivity index is 2.47. The third-order valence-corrected chi connectivity index (χ3v) is 5.83. The van der Waals surface area contributed by atoms with E-state index in [1.54, 1.807) is 12.1 Å². The van der Waals surface area contributed by atoms with Crippen LogP contribution >= 0.6 is 54.8 Å². The highest BCUT2D eigenvalue weighted by molar-refractivity contribution is 9.11. The van der Waals surface area contributed by atoms with Gasteiger partial charge in [-0.3, -0.25) is 4.79 Å². The largest absolute Gasteiger partial charge is 0.288 e. The molecular weight excluding hydrogens is 387 g/mol. The lowest BCUT2D eigenvalue weighted by atomic mass is 10.1. The molecule has 1 aromatic carbocycles. The minimum atomic E-state index is -0.0156. The predicted octanol–water partition coefficient (Wildman–Crippen LogP) is 5.47. The topological polar surface area (TPSA) is 17.1 Å². The van der Waals surface area contributed by atoms with Gasteiger partial charge in [-0.05, 0) is 56.5 Å². The zero-order valence-electron chi connectivity index (χ0n) is 8.76. The minimum Gasteiger partial charge on any atom is -0.288 e. The smallest absolute Gasteiger partial charge is 0.204 e. The monoisotopic (exact) mass is 392 g/mol. The average Bonchev–Trinajstić information content (AvgIpc) is 2.62. The summed E-state index contributed by atoms with van der Waals surface area (Å²) in [6, 6.07) is 7.32. The molecule has 0 fully saturated rings. The molecule has 0 atom stereocenters. The summed E-state index contributed by atoms with van der Waals surface area (Å²) in [6.45, 7) is 1.96. The second-order valence-electron chi connectivity index (χ2n) is 3.50. The number of thiophene rings is 1. The van der Waals surface area contributed by atoms with Crippen LogP contribution in [0.4, 0.5) is 0 Å². The molecule has 1 nitrogen and oxygen atoms in total. The molecule has 1 heterocycles. The second-order valence-corrected chi connectivity index (χ2v) is 7.07. The molecule has 0 bridgehead atoms. The summed E-state index contributed by atoms with van der Waals surface area (Å²) in [7, 11) is 0. The lowest BCUT2D eigenvalue weighted by Crippen LogP contribution is -2.00. The highest BCUT2D eigenvalue weighted by atomic mass is 79.9. The minimum absolute atomic E-state index is 0.0156. The first-order valence-electron chi connectivity index (χ1n) is 4.75. The van der Waals surface area contributed by atoms with Crippen molar-refractivity contribution >= 4 is 60.6 Å². The van der Waals surface area contributed by atoms with Gasteiger partial charge in [0.2, 0.25) is 5.78 Å². The molecule has 0 radical (unpaired) electrons. The average molecular weight is 395 g/mol. The fraction of sp³-hybridized carbons (Fsp3) is 0.0833. The predicted molar refractivity (Wildman–Crippen MR) is 79.3 cm³/mol. The van der Waals surface area contributed by atoms with Crippen molar-refractivity contribution in [2.75, 3.05) is 0 Å². The van der Waals surface area contributed by atoms with Gasteiger partial charge in [0.1, 0.15) is 0 Å². The van der Waals surface area contributed by atoms with Crippen LogP contribution in [0.25, 0.3) is 0 Å². The summed E-state index contributed by atoms with van der Waals surface area (Å²) in [5, 5.41) is 0.571. The van der Waals surface area contributed by atoms with E-state index in [0.717, 1.165) is 13.8 Å². The van der Waals surface area contributed by atoms with Gasteiger partial charge < -0.3 is 0 Å². The van der Waals surface area contributed by atoms with Crippen molar-refractivity contribution in [2.45, 2.75) is 6.92 Å². The lowest BCUT2D eigenvalue weighted by molar-refractivity contribution is 0.104. The first-order valence-corrected chi connectivity index (χ1v) is 7.53. The molecule has 0 saturated heterocycles. The molecule has 0 aliphatic rings. The van der Waals surface area contributed by atoms with Gasteiger partial charge in [0.25, 0.3) is 0 Å². The van der Waals surface area contributed by atoms with E-state index in [4.69, 9.17) is 11.6 Å². The molecule has 0 aliphatic heterocycles. The number of aryl methyl sites for hydroxylation is 1. The van der Waals surface area contributed by atoms with Gasteiger partial charge in [-0.1, -0.05) is 23.7 Å². The SMILES string of the molecule is Cc1cccc(C(=O)c2cc(Cl)c(Br)s2)c1Br. The number of rotatable bonds is 2. The first kappa shape index (κ1) is 13.3. The molecular formula is C12H7Br2ClOS. The highest BCUT2D eigenvalue weighted by Crippen LogP contribution is 2.34. The van der Waals surface area contributed by atoms with Crippen molar-refractivity contribution in [1.29, 1.82) is 0 Å². The molecule has 1 aromatic heterocycles. The van der Waals surface area contributed by atoms with Crippen LogP contribution in [0.1, 0.15) is 20.8 Å². The number of hydrogen-bond acceptors (Lipinski definition) is 2. The van der Waals surface area contributed by atoms with E-state index in [9.17, 15) is 4.79 Å². The van der Waals surface area contributed by atoms with Gasteiger partial charge in [-0.25, -0.2) is 0 Å². The van der Waals surface area contributed by atoms with Crippen molar-refractivity contribution in [3.05, 3.63) is 53.6 Å². The standard InChI is InChI=1S/C12H7Br2ClOS/c1-6-3-2-4-7(10(6)13)11(16)9-5-8(15)12(14)17-9/h2-5H,1H3. The number of carbonyl (C=O) groups is 1. The van der Waals surface area contributed by atoms with Gasteiger partial charge in [-0.15, -0.1) is 11.3 Å². The Kier molecular flexibility index (Phi) is 4.08. The molecule has 2 rings (SSSR count). The number of ketones is 1. The normalized spacial score (nSPS) is 10.6. The van der Waals surface area contributed by atoms with E-state index in [1.165, 1.54) is 11.3 Å². The third kappa shape index (κ3) is 2.65. The highest BCUT2D eigenvalue weighted by Gasteiger charge is 2.17. The molecule has 17 heavy (non-hydrogen) atoms. The van der Waals surface area contributed by atoms with Crippen LogP contribution in [0.15, 0.2) is 32.5 Å².